The second-order valence-corrected chi connectivity index (χ2v) is 6.24. The third-order valence-corrected chi connectivity index (χ3v) is 4.37. The molecule has 1 aliphatic rings. The van der Waals surface area contributed by atoms with Gasteiger partial charge in [-0.1, -0.05) is 0 Å². The van der Waals surface area contributed by atoms with Crippen molar-refractivity contribution in [2.24, 2.45) is 17.6 Å². The number of halogens is 1. The van der Waals surface area contributed by atoms with Crippen molar-refractivity contribution in [2.45, 2.75) is 25.4 Å². The van der Waals surface area contributed by atoms with Crippen LogP contribution in [-0.4, -0.2) is 44.5 Å². The summed E-state index contributed by atoms with van der Waals surface area (Å²) in [5, 5.41) is 9.94. The van der Waals surface area contributed by atoms with Gasteiger partial charge in [0.25, 0.3) is 0 Å². The van der Waals surface area contributed by atoms with Crippen LogP contribution in [0.1, 0.15) is 19.3 Å². The number of rotatable bonds is 9. The maximum Gasteiger partial charge on any atom is 0.229 e. The molecule has 3 atom stereocenters. The van der Waals surface area contributed by atoms with Crippen LogP contribution in [0.15, 0.2) is 24.3 Å². The summed E-state index contributed by atoms with van der Waals surface area (Å²) < 4.78 is 24.2. The van der Waals surface area contributed by atoms with Gasteiger partial charge in [0.15, 0.2) is 0 Å². The summed E-state index contributed by atoms with van der Waals surface area (Å²) >= 11 is 0. The minimum atomic E-state index is -0.569. The number of benzene rings is 1. The van der Waals surface area contributed by atoms with Crippen LogP contribution in [0.3, 0.4) is 0 Å². The molecule has 1 aromatic carbocycles. The van der Waals surface area contributed by atoms with Gasteiger partial charge in [0.05, 0.1) is 18.6 Å². The molecule has 0 aromatic heterocycles. The van der Waals surface area contributed by atoms with Gasteiger partial charge in [0, 0.05) is 25.9 Å². The van der Waals surface area contributed by atoms with Gasteiger partial charge >= 0.3 is 0 Å². The van der Waals surface area contributed by atoms with Crippen LogP contribution in [-0.2, 0) is 9.53 Å². The summed E-state index contributed by atoms with van der Waals surface area (Å²) in [5.74, 6) is 0.0190. The summed E-state index contributed by atoms with van der Waals surface area (Å²) in [4.78, 5) is 11.8. The third-order valence-electron chi connectivity index (χ3n) is 4.37. The molecule has 4 N–H and O–H groups in total. The molecule has 1 amide bonds. The fourth-order valence-corrected chi connectivity index (χ4v) is 2.72. The van der Waals surface area contributed by atoms with Crippen molar-refractivity contribution < 1.29 is 18.7 Å². The molecule has 2 rings (SSSR count). The first-order chi connectivity index (χ1) is 12.1. The van der Waals surface area contributed by atoms with Crippen LogP contribution in [0.25, 0.3) is 0 Å². The number of hydrogen-bond acceptors (Lipinski definition) is 5. The molecule has 138 valence electrons. The highest BCUT2D eigenvalue weighted by Crippen LogP contribution is 2.22. The van der Waals surface area contributed by atoms with Crippen molar-refractivity contribution in [3.63, 3.8) is 0 Å². The van der Waals surface area contributed by atoms with Crippen molar-refractivity contribution in [3.05, 3.63) is 30.1 Å². The maximum absolute atomic E-state index is 12.8. The predicted molar refractivity (Wildman–Crippen MR) is 93.3 cm³/mol. The molecule has 1 saturated heterocycles. The zero-order valence-corrected chi connectivity index (χ0v) is 14.2. The Labute approximate surface area is 147 Å². The molecule has 1 aromatic rings. The van der Waals surface area contributed by atoms with Gasteiger partial charge in [-0.05, 0) is 49.4 Å². The Morgan fingerprint density at radius 1 is 1.44 bits per heavy atom. The van der Waals surface area contributed by atoms with Gasteiger partial charge < -0.3 is 25.9 Å². The monoisotopic (exact) mass is 351 g/mol. The molecular formula is C18H26FN3O3. The van der Waals surface area contributed by atoms with Crippen LogP contribution in [0.5, 0.6) is 5.75 Å². The highest BCUT2D eigenvalue weighted by atomic mass is 19.1. The summed E-state index contributed by atoms with van der Waals surface area (Å²) in [7, 11) is 0. The lowest BCUT2D eigenvalue weighted by Gasteiger charge is -2.29. The van der Waals surface area contributed by atoms with Gasteiger partial charge in [-0.3, -0.25) is 4.79 Å². The molecule has 1 fully saturated rings. The van der Waals surface area contributed by atoms with Crippen LogP contribution in [0.2, 0.25) is 0 Å². The Kier molecular flexibility index (Phi) is 7.81. The van der Waals surface area contributed by atoms with Crippen molar-refractivity contribution in [1.82, 2.24) is 5.32 Å². The summed E-state index contributed by atoms with van der Waals surface area (Å²) in [6, 6.07) is 6.00. The van der Waals surface area contributed by atoms with E-state index in [-0.39, 0.29) is 24.4 Å². The van der Waals surface area contributed by atoms with Crippen molar-refractivity contribution >= 4 is 12.1 Å². The molecule has 6 nitrogen and oxygen atoms in total. The molecule has 1 aliphatic heterocycles. The molecule has 0 spiro atoms. The Morgan fingerprint density at radius 3 is 2.80 bits per heavy atom. The molecule has 1 heterocycles. The van der Waals surface area contributed by atoms with Crippen LogP contribution in [0.4, 0.5) is 4.39 Å². The number of amides is 1. The topological polar surface area (TPSA) is 97.4 Å². The third kappa shape index (κ3) is 6.43. The van der Waals surface area contributed by atoms with Crippen LogP contribution in [0, 0.1) is 23.1 Å². The second kappa shape index (κ2) is 10.1. The molecule has 0 radical (unpaired) electrons. The molecule has 0 bridgehead atoms. The molecular weight excluding hydrogens is 325 g/mol. The van der Waals surface area contributed by atoms with E-state index in [1.165, 1.54) is 12.1 Å². The summed E-state index contributed by atoms with van der Waals surface area (Å²) in [5.41, 5.74) is 5.43. The second-order valence-electron chi connectivity index (χ2n) is 6.24. The zero-order valence-electron chi connectivity index (χ0n) is 14.2. The van der Waals surface area contributed by atoms with Crippen LogP contribution >= 0.6 is 0 Å². The van der Waals surface area contributed by atoms with E-state index < -0.39 is 5.92 Å². The number of nitrogens with one attached hydrogen (secondary N) is 2. The average Bonchev–Trinajstić information content (AvgIpc) is 2.64. The van der Waals surface area contributed by atoms with E-state index in [0.717, 1.165) is 25.5 Å². The molecule has 25 heavy (non-hydrogen) atoms. The minimum absolute atomic E-state index is 0.00220. The first kappa shape index (κ1) is 19.3. The van der Waals surface area contributed by atoms with Crippen LogP contribution < -0.4 is 15.8 Å². The minimum Gasteiger partial charge on any atom is -0.494 e. The average molecular weight is 351 g/mol. The number of hydrogen-bond donors (Lipinski definition) is 3. The Bertz CT molecular complexity index is 545. The fourth-order valence-electron chi connectivity index (χ4n) is 2.72. The Hall–Kier alpha value is -1.99. The Balaban J connectivity index is 1.60. The lowest BCUT2D eigenvalue weighted by atomic mass is 9.95. The molecule has 0 aliphatic carbocycles. The fraction of sp³-hybridized carbons (Fsp3) is 0.556. The van der Waals surface area contributed by atoms with Gasteiger partial charge in [-0.2, -0.15) is 0 Å². The Morgan fingerprint density at radius 2 is 2.20 bits per heavy atom. The number of nitrogens with two attached hydrogens (primary N) is 1. The van der Waals surface area contributed by atoms with E-state index in [1.54, 1.807) is 12.1 Å². The molecule has 7 heteroatoms. The SMILES string of the molecule is N=CC(CN)C(=O)NCC1CCC(CCOc2ccc(F)cc2)CO1. The number of carbonyl (C=O) groups excluding carboxylic acids is 1. The van der Waals surface area contributed by atoms with E-state index in [9.17, 15) is 9.18 Å². The first-order valence-electron chi connectivity index (χ1n) is 8.60. The lowest BCUT2D eigenvalue weighted by molar-refractivity contribution is -0.123. The van der Waals surface area contributed by atoms with E-state index in [0.29, 0.717) is 31.4 Å². The zero-order chi connectivity index (χ0) is 18.1. The van der Waals surface area contributed by atoms with Crippen molar-refractivity contribution in [1.29, 1.82) is 5.41 Å². The number of ether oxygens (including phenoxy) is 2. The van der Waals surface area contributed by atoms with Gasteiger partial charge in [0.2, 0.25) is 5.91 Å². The smallest absolute Gasteiger partial charge is 0.229 e. The summed E-state index contributed by atoms with van der Waals surface area (Å²) in [6.45, 7) is 1.79. The van der Waals surface area contributed by atoms with E-state index in [2.05, 4.69) is 5.32 Å². The van der Waals surface area contributed by atoms with E-state index in [4.69, 9.17) is 20.6 Å². The van der Waals surface area contributed by atoms with Gasteiger partial charge in [-0.25, -0.2) is 4.39 Å². The standard InChI is InChI=1S/C18H26FN3O3/c19-15-2-5-16(6-3-15)24-8-7-13-1-4-17(25-12-13)11-22-18(23)14(9-20)10-21/h2-3,5-6,9,13-14,17,20H,1,4,7-8,10-12,21H2,(H,22,23). The van der Waals surface area contributed by atoms with E-state index in [1.807, 2.05) is 0 Å². The largest absolute Gasteiger partial charge is 0.494 e. The first-order valence-corrected chi connectivity index (χ1v) is 8.60. The summed E-state index contributed by atoms with van der Waals surface area (Å²) in [6.07, 6.45) is 3.83. The normalized spacial score (nSPS) is 21.4. The molecule has 0 saturated carbocycles. The van der Waals surface area contributed by atoms with Gasteiger partial charge in [0.1, 0.15) is 11.6 Å². The number of carbonyl (C=O) groups is 1. The van der Waals surface area contributed by atoms with Crippen molar-refractivity contribution in [2.75, 3.05) is 26.3 Å². The predicted octanol–water partition coefficient (Wildman–Crippen LogP) is 1.73. The quantitative estimate of drug-likeness (QED) is 0.590. The highest BCUT2D eigenvalue weighted by Gasteiger charge is 2.23. The maximum atomic E-state index is 12.8. The van der Waals surface area contributed by atoms with Crippen molar-refractivity contribution in [3.8, 4) is 5.75 Å². The van der Waals surface area contributed by atoms with E-state index >= 15 is 0 Å². The molecule has 3 unspecified atom stereocenters. The highest BCUT2D eigenvalue weighted by molar-refractivity contribution is 5.92. The van der Waals surface area contributed by atoms with Gasteiger partial charge in [-0.15, -0.1) is 0 Å². The lowest BCUT2D eigenvalue weighted by Crippen LogP contribution is -2.42.